The molecule has 0 aliphatic rings. The fraction of sp³-hybridized carbons (Fsp3) is 0.308. The van der Waals surface area contributed by atoms with Crippen LogP contribution in [0.5, 0.6) is 0 Å². The van der Waals surface area contributed by atoms with E-state index in [0.29, 0.717) is 18.9 Å². The van der Waals surface area contributed by atoms with Gasteiger partial charge in [0.25, 0.3) is 0 Å². The van der Waals surface area contributed by atoms with Gasteiger partial charge in [-0.25, -0.2) is 14.8 Å². The van der Waals surface area contributed by atoms with Gasteiger partial charge < -0.3 is 15.1 Å². The first-order chi connectivity index (χ1) is 9.58. The molecule has 7 heteroatoms. The SMILES string of the molecule is CN(CCC(O)c1cccs1)c1nccc(C(=O)O)n1. The molecular formula is C13H15N3O3S. The topological polar surface area (TPSA) is 86.5 Å². The summed E-state index contributed by atoms with van der Waals surface area (Å²) in [5, 5.41) is 20.8. The number of carboxylic acids is 1. The number of hydrogen-bond donors (Lipinski definition) is 2. The number of hydrogen-bond acceptors (Lipinski definition) is 6. The Kier molecular flexibility index (Phi) is 4.65. The van der Waals surface area contributed by atoms with Gasteiger partial charge in [-0.2, -0.15) is 0 Å². The van der Waals surface area contributed by atoms with Crippen molar-refractivity contribution in [3.05, 3.63) is 40.3 Å². The number of nitrogens with zero attached hydrogens (tertiary/aromatic N) is 3. The minimum absolute atomic E-state index is 0.0411. The summed E-state index contributed by atoms with van der Waals surface area (Å²) in [6.45, 7) is 0.530. The average molecular weight is 293 g/mol. The Morgan fingerprint density at radius 1 is 1.50 bits per heavy atom. The highest BCUT2D eigenvalue weighted by atomic mass is 32.1. The molecule has 2 aromatic heterocycles. The summed E-state index contributed by atoms with van der Waals surface area (Å²) < 4.78 is 0. The third-order valence-electron chi connectivity index (χ3n) is 2.81. The van der Waals surface area contributed by atoms with Crippen molar-refractivity contribution in [3.8, 4) is 0 Å². The Morgan fingerprint density at radius 2 is 2.30 bits per heavy atom. The van der Waals surface area contributed by atoms with E-state index in [1.165, 1.54) is 23.6 Å². The summed E-state index contributed by atoms with van der Waals surface area (Å²) in [5.41, 5.74) is -0.0411. The van der Waals surface area contributed by atoms with E-state index < -0.39 is 12.1 Å². The minimum Gasteiger partial charge on any atom is -0.477 e. The van der Waals surface area contributed by atoms with Crippen molar-refractivity contribution >= 4 is 23.3 Å². The quantitative estimate of drug-likeness (QED) is 0.844. The second kappa shape index (κ2) is 6.44. The Morgan fingerprint density at radius 3 is 2.95 bits per heavy atom. The number of anilines is 1. The fourth-order valence-electron chi connectivity index (χ4n) is 1.69. The van der Waals surface area contributed by atoms with Gasteiger partial charge in [-0.1, -0.05) is 6.07 Å². The smallest absolute Gasteiger partial charge is 0.354 e. The van der Waals surface area contributed by atoms with Crippen LogP contribution >= 0.6 is 11.3 Å². The largest absolute Gasteiger partial charge is 0.477 e. The third-order valence-corrected chi connectivity index (χ3v) is 3.79. The second-order valence-electron chi connectivity index (χ2n) is 4.29. The van der Waals surface area contributed by atoms with E-state index in [9.17, 15) is 9.90 Å². The van der Waals surface area contributed by atoms with Crippen LogP contribution in [-0.4, -0.2) is 39.7 Å². The van der Waals surface area contributed by atoms with Crippen LogP contribution in [0.1, 0.15) is 27.9 Å². The summed E-state index contributed by atoms with van der Waals surface area (Å²) in [6, 6.07) is 5.13. The van der Waals surface area contributed by atoms with E-state index in [2.05, 4.69) is 9.97 Å². The maximum Gasteiger partial charge on any atom is 0.354 e. The number of carbonyl (C=O) groups is 1. The lowest BCUT2D eigenvalue weighted by Gasteiger charge is -2.18. The van der Waals surface area contributed by atoms with Crippen LogP contribution in [0.15, 0.2) is 29.8 Å². The molecule has 0 radical (unpaired) electrons. The third kappa shape index (κ3) is 3.52. The molecule has 20 heavy (non-hydrogen) atoms. The lowest BCUT2D eigenvalue weighted by Crippen LogP contribution is -2.23. The highest BCUT2D eigenvalue weighted by Gasteiger charge is 2.13. The van der Waals surface area contributed by atoms with E-state index in [0.717, 1.165) is 4.88 Å². The van der Waals surface area contributed by atoms with E-state index in [1.54, 1.807) is 11.9 Å². The molecular weight excluding hydrogens is 278 g/mol. The predicted octanol–water partition coefficient (Wildman–Crippen LogP) is 1.80. The molecule has 6 nitrogen and oxygen atoms in total. The van der Waals surface area contributed by atoms with Crippen LogP contribution in [0.25, 0.3) is 0 Å². The first-order valence-corrected chi connectivity index (χ1v) is 6.95. The molecule has 2 N–H and O–H groups in total. The lowest BCUT2D eigenvalue weighted by molar-refractivity contribution is 0.0690. The van der Waals surface area contributed by atoms with Gasteiger partial charge in [0.05, 0.1) is 6.10 Å². The Balaban J connectivity index is 1.96. The van der Waals surface area contributed by atoms with Crippen molar-refractivity contribution in [2.75, 3.05) is 18.5 Å². The molecule has 1 unspecified atom stereocenters. The fourth-order valence-corrected chi connectivity index (χ4v) is 2.44. The van der Waals surface area contributed by atoms with E-state index >= 15 is 0 Å². The molecule has 2 aromatic rings. The molecule has 0 saturated carbocycles. The van der Waals surface area contributed by atoms with E-state index in [1.807, 2.05) is 17.5 Å². The van der Waals surface area contributed by atoms with Crippen LogP contribution < -0.4 is 4.90 Å². The molecule has 2 heterocycles. The zero-order valence-corrected chi connectivity index (χ0v) is 11.7. The van der Waals surface area contributed by atoms with Gasteiger partial charge in [0.1, 0.15) is 0 Å². The van der Waals surface area contributed by atoms with Gasteiger partial charge in [0.15, 0.2) is 5.69 Å². The number of aromatic nitrogens is 2. The van der Waals surface area contributed by atoms with Gasteiger partial charge in [-0.05, 0) is 23.9 Å². The molecule has 0 spiro atoms. The Labute approximate surface area is 120 Å². The van der Waals surface area contributed by atoms with Crippen molar-refractivity contribution in [2.24, 2.45) is 0 Å². The predicted molar refractivity (Wildman–Crippen MR) is 76.2 cm³/mol. The molecule has 0 aliphatic carbocycles. The molecule has 0 amide bonds. The minimum atomic E-state index is -1.08. The summed E-state index contributed by atoms with van der Waals surface area (Å²) in [7, 11) is 1.77. The van der Waals surface area contributed by atoms with E-state index in [-0.39, 0.29) is 5.69 Å². The van der Waals surface area contributed by atoms with Crippen molar-refractivity contribution in [1.29, 1.82) is 0 Å². The molecule has 0 aromatic carbocycles. The normalized spacial score (nSPS) is 12.1. The number of thiophene rings is 1. The van der Waals surface area contributed by atoms with Gasteiger partial charge in [-0.3, -0.25) is 0 Å². The second-order valence-corrected chi connectivity index (χ2v) is 5.27. The molecule has 0 aliphatic heterocycles. The summed E-state index contributed by atoms with van der Waals surface area (Å²) in [6.07, 6.45) is 1.41. The Bertz CT molecular complexity index is 574. The van der Waals surface area contributed by atoms with Crippen molar-refractivity contribution in [2.45, 2.75) is 12.5 Å². The maximum atomic E-state index is 10.8. The van der Waals surface area contributed by atoms with Gasteiger partial charge >= 0.3 is 5.97 Å². The first kappa shape index (κ1) is 14.4. The molecule has 2 rings (SSSR count). The molecule has 0 saturated heterocycles. The van der Waals surface area contributed by atoms with Crippen LogP contribution in [0, 0.1) is 0 Å². The van der Waals surface area contributed by atoms with Gasteiger partial charge in [-0.15, -0.1) is 11.3 Å². The molecule has 1 atom stereocenters. The van der Waals surface area contributed by atoms with Crippen molar-refractivity contribution in [1.82, 2.24) is 9.97 Å². The first-order valence-electron chi connectivity index (χ1n) is 6.07. The molecule has 106 valence electrons. The Hall–Kier alpha value is -1.99. The monoisotopic (exact) mass is 293 g/mol. The van der Waals surface area contributed by atoms with Crippen LogP contribution in [0.3, 0.4) is 0 Å². The zero-order valence-electron chi connectivity index (χ0n) is 10.9. The summed E-state index contributed by atoms with van der Waals surface area (Å²) in [4.78, 5) is 21.5. The highest BCUT2D eigenvalue weighted by Crippen LogP contribution is 2.22. The molecule has 0 fully saturated rings. The van der Waals surface area contributed by atoms with Crippen LogP contribution in [-0.2, 0) is 0 Å². The zero-order chi connectivity index (χ0) is 14.5. The van der Waals surface area contributed by atoms with Gasteiger partial charge in [0.2, 0.25) is 5.95 Å². The highest BCUT2D eigenvalue weighted by molar-refractivity contribution is 7.10. The summed E-state index contributed by atoms with van der Waals surface area (Å²) in [5.74, 6) is -0.746. The van der Waals surface area contributed by atoms with Crippen molar-refractivity contribution in [3.63, 3.8) is 0 Å². The van der Waals surface area contributed by atoms with Crippen LogP contribution in [0.4, 0.5) is 5.95 Å². The molecule has 0 bridgehead atoms. The number of carboxylic acid groups (broad SMARTS) is 1. The van der Waals surface area contributed by atoms with E-state index in [4.69, 9.17) is 5.11 Å². The maximum absolute atomic E-state index is 10.8. The average Bonchev–Trinajstić information content (AvgIpc) is 2.98. The van der Waals surface area contributed by atoms with Gasteiger partial charge in [0, 0.05) is 24.7 Å². The summed E-state index contributed by atoms with van der Waals surface area (Å²) >= 11 is 1.51. The van der Waals surface area contributed by atoms with Crippen molar-refractivity contribution < 1.29 is 15.0 Å². The standard InChI is InChI=1S/C13H15N3O3S/c1-16(7-5-10(17)11-3-2-8-20-11)13-14-6-4-9(15-13)12(18)19/h2-4,6,8,10,17H,5,7H2,1H3,(H,18,19). The lowest BCUT2D eigenvalue weighted by atomic mass is 10.2. The number of aliphatic hydroxyl groups is 1. The number of rotatable bonds is 6. The van der Waals surface area contributed by atoms with Crippen LogP contribution in [0.2, 0.25) is 0 Å². The number of aromatic carboxylic acids is 1. The number of aliphatic hydroxyl groups excluding tert-OH is 1.